The minimum atomic E-state index is 0.102. The lowest BCUT2D eigenvalue weighted by molar-refractivity contribution is -0.0653. The Balaban J connectivity index is 0.884. The molecule has 5 rings (SSSR count). The molecule has 4 aliphatic carbocycles. The van der Waals surface area contributed by atoms with E-state index in [4.69, 9.17) is 23.7 Å². The molecule has 0 aromatic heterocycles. The summed E-state index contributed by atoms with van der Waals surface area (Å²) in [5.41, 5.74) is 2.71. The Morgan fingerprint density at radius 1 is 0.719 bits per heavy atom. The van der Waals surface area contributed by atoms with Gasteiger partial charge in [0, 0.05) is 52.7 Å². The van der Waals surface area contributed by atoms with Crippen molar-refractivity contribution in [2.24, 2.45) is 46.3 Å². The van der Waals surface area contributed by atoms with Crippen molar-refractivity contribution in [1.29, 1.82) is 0 Å². The molecule has 0 bridgehead atoms. The fraction of sp³-hybridized carbons (Fsp3) is 0.897. The van der Waals surface area contributed by atoms with Crippen molar-refractivity contribution in [3.05, 3.63) is 36.0 Å². The molecule has 370 valence electrons. The first kappa shape index (κ1) is 53.9. The van der Waals surface area contributed by atoms with E-state index in [1.165, 1.54) is 128 Å². The van der Waals surface area contributed by atoms with Gasteiger partial charge in [-0.05, 0) is 149 Å². The SMILES string of the molecule is CCCCC/C=C\C/C=C\CCCCCCCCOCC(CN1CCOCC1)OCCCOCCCO[C@H]1CC[C@@]2(C)C(=CC[C@H]3[C@@H]4CC[C@H]([C@H](C)CCCC(C)C)[C@@]4(C)CC[C@@H]32)C1. The predicted molar refractivity (Wildman–Crippen MR) is 270 cm³/mol. The molecule has 1 saturated heterocycles. The third kappa shape index (κ3) is 17.8. The zero-order valence-electron chi connectivity index (χ0n) is 42.9. The number of unbranched alkanes of at least 4 members (excludes halogenated alkanes) is 9. The van der Waals surface area contributed by atoms with Crippen LogP contribution in [-0.4, -0.2) is 89.6 Å². The molecule has 6 nitrogen and oxygen atoms in total. The Kier molecular flexibility index (Phi) is 25.7. The summed E-state index contributed by atoms with van der Waals surface area (Å²) in [7, 11) is 0. The van der Waals surface area contributed by atoms with Crippen LogP contribution in [0.1, 0.15) is 202 Å². The number of ether oxygens (including phenoxy) is 5. The maximum Gasteiger partial charge on any atom is 0.0934 e. The van der Waals surface area contributed by atoms with Gasteiger partial charge in [0.25, 0.3) is 0 Å². The first-order valence-corrected chi connectivity index (χ1v) is 27.9. The molecule has 0 N–H and O–H groups in total. The number of morpholine rings is 1. The molecule has 5 aliphatic rings. The highest BCUT2D eigenvalue weighted by Gasteiger charge is 2.59. The summed E-state index contributed by atoms with van der Waals surface area (Å²) < 4.78 is 30.8. The molecule has 3 saturated carbocycles. The van der Waals surface area contributed by atoms with Crippen molar-refractivity contribution in [3.8, 4) is 0 Å². The Hall–Kier alpha value is -1.02. The van der Waals surface area contributed by atoms with Crippen LogP contribution in [0.2, 0.25) is 0 Å². The molecule has 0 spiro atoms. The third-order valence-electron chi connectivity index (χ3n) is 17.2. The topological polar surface area (TPSA) is 49.4 Å². The van der Waals surface area contributed by atoms with E-state index in [1.54, 1.807) is 5.57 Å². The first-order chi connectivity index (χ1) is 31.2. The maximum absolute atomic E-state index is 6.55. The van der Waals surface area contributed by atoms with Gasteiger partial charge < -0.3 is 23.7 Å². The lowest BCUT2D eigenvalue weighted by atomic mass is 9.47. The summed E-state index contributed by atoms with van der Waals surface area (Å²) >= 11 is 0. The lowest BCUT2D eigenvalue weighted by Gasteiger charge is -2.58. The molecular weight excluding hydrogens is 791 g/mol. The smallest absolute Gasteiger partial charge is 0.0934 e. The molecule has 4 fully saturated rings. The average molecular weight is 894 g/mol. The highest BCUT2D eigenvalue weighted by Crippen LogP contribution is 2.67. The second-order valence-electron chi connectivity index (χ2n) is 22.4. The second kappa shape index (κ2) is 30.5. The largest absolute Gasteiger partial charge is 0.381 e. The highest BCUT2D eigenvalue weighted by molar-refractivity contribution is 5.25. The minimum absolute atomic E-state index is 0.102. The van der Waals surface area contributed by atoms with Gasteiger partial charge in [0.1, 0.15) is 0 Å². The van der Waals surface area contributed by atoms with Gasteiger partial charge in [-0.2, -0.15) is 0 Å². The van der Waals surface area contributed by atoms with E-state index in [9.17, 15) is 0 Å². The average Bonchev–Trinajstić information content (AvgIpc) is 3.65. The van der Waals surface area contributed by atoms with Crippen molar-refractivity contribution in [3.63, 3.8) is 0 Å². The molecule has 0 radical (unpaired) electrons. The van der Waals surface area contributed by atoms with Gasteiger partial charge in [0.15, 0.2) is 0 Å². The quantitative estimate of drug-likeness (QED) is 0.0474. The van der Waals surface area contributed by atoms with E-state index in [0.29, 0.717) is 23.5 Å². The van der Waals surface area contributed by atoms with Gasteiger partial charge in [-0.25, -0.2) is 0 Å². The van der Waals surface area contributed by atoms with Gasteiger partial charge in [-0.1, -0.05) is 135 Å². The van der Waals surface area contributed by atoms with Gasteiger partial charge in [-0.3, -0.25) is 4.90 Å². The molecule has 1 heterocycles. The zero-order valence-corrected chi connectivity index (χ0v) is 42.9. The normalized spacial score (nSPS) is 29.6. The van der Waals surface area contributed by atoms with Crippen molar-refractivity contribution < 1.29 is 23.7 Å². The van der Waals surface area contributed by atoms with Gasteiger partial charge >= 0.3 is 0 Å². The van der Waals surface area contributed by atoms with E-state index >= 15 is 0 Å². The van der Waals surface area contributed by atoms with Crippen LogP contribution < -0.4 is 0 Å². The van der Waals surface area contributed by atoms with Crippen LogP contribution in [0.5, 0.6) is 0 Å². The third-order valence-corrected chi connectivity index (χ3v) is 17.2. The van der Waals surface area contributed by atoms with Gasteiger partial charge in [0.2, 0.25) is 0 Å². The minimum Gasteiger partial charge on any atom is -0.381 e. The van der Waals surface area contributed by atoms with E-state index < -0.39 is 0 Å². The van der Waals surface area contributed by atoms with Crippen LogP contribution in [0.25, 0.3) is 0 Å². The summed E-state index contributed by atoms with van der Waals surface area (Å²) in [4.78, 5) is 2.47. The van der Waals surface area contributed by atoms with Crippen LogP contribution in [-0.2, 0) is 23.7 Å². The van der Waals surface area contributed by atoms with Gasteiger partial charge in [0.05, 0.1) is 32.0 Å². The summed E-state index contributed by atoms with van der Waals surface area (Å²) in [5.74, 6) is 5.39. The van der Waals surface area contributed by atoms with Crippen molar-refractivity contribution >= 4 is 0 Å². The summed E-state index contributed by atoms with van der Waals surface area (Å²) in [5, 5.41) is 0. The van der Waals surface area contributed by atoms with E-state index in [-0.39, 0.29) is 6.10 Å². The summed E-state index contributed by atoms with van der Waals surface area (Å²) in [6.45, 7) is 24.1. The molecule has 64 heavy (non-hydrogen) atoms. The van der Waals surface area contributed by atoms with E-state index in [1.807, 2.05) is 0 Å². The standard InChI is InChI=1S/C58H103NO5/c1-7-8-9-10-11-12-13-14-15-16-17-18-19-20-21-22-38-62-47-52(46-59-36-43-61-44-37-59)64-42-25-40-60-39-24-41-63-51-32-34-57(5)50(45-51)28-29-53-55-31-30-54(49(4)27-23-26-48(2)3)58(55,6)35-33-56(53)57/h11-12,14-15,28,48-49,51-56H,7-10,13,16-27,29-47H2,1-6H3/b12-11-,15-14-/t49-,51+,52?,53+,54-,55+,56+,57+,58-/m1/s1. The molecule has 1 unspecified atom stereocenters. The fourth-order valence-electron chi connectivity index (χ4n) is 13.4. The van der Waals surface area contributed by atoms with Crippen LogP contribution in [0.15, 0.2) is 36.0 Å². The van der Waals surface area contributed by atoms with Crippen LogP contribution >= 0.6 is 0 Å². The molecule has 0 amide bonds. The number of hydrogen-bond donors (Lipinski definition) is 0. The van der Waals surface area contributed by atoms with Crippen LogP contribution in [0.3, 0.4) is 0 Å². The monoisotopic (exact) mass is 894 g/mol. The lowest BCUT2D eigenvalue weighted by Crippen LogP contribution is -2.51. The van der Waals surface area contributed by atoms with E-state index in [0.717, 1.165) is 133 Å². The predicted octanol–water partition coefficient (Wildman–Crippen LogP) is 14.8. The first-order valence-electron chi connectivity index (χ1n) is 27.9. The fourth-order valence-corrected chi connectivity index (χ4v) is 13.4. The Morgan fingerprint density at radius 2 is 1.44 bits per heavy atom. The molecule has 6 heteroatoms. The molecule has 9 atom stereocenters. The Labute approximate surface area is 396 Å². The van der Waals surface area contributed by atoms with Crippen molar-refractivity contribution in [2.75, 3.05) is 72.5 Å². The summed E-state index contributed by atoms with van der Waals surface area (Å²) in [6.07, 6.45) is 44.9. The molecular formula is C58H103NO5. The summed E-state index contributed by atoms with van der Waals surface area (Å²) in [6, 6.07) is 0. The Bertz CT molecular complexity index is 1310. The van der Waals surface area contributed by atoms with Gasteiger partial charge in [-0.15, -0.1) is 0 Å². The number of nitrogens with zero attached hydrogens (tertiary/aromatic N) is 1. The highest BCUT2D eigenvalue weighted by atomic mass is 16.5. The molecule has 0 aromatic rings. The van der Waals surface area contributed by atoms with Crippen molar-refractivity contribution in [1.82, 2.24) is 4.90 Å². The molecule has 1 aliphatic heterocycles. The Morgan fingerprint density at radius 3 is 2.20 bits per heavy atom. The van der Waals surface area contributed by atoms with E-state index in [2.05, 4.69) is 76.8 Å². The maximum atomic E-state index is 6.55. The zero-order chi connectivity index (χ0) is 45.3. The molecule has 0 aromatic carbocycles. The number of fused-ring (bicyclic) bond motifs is 5. The van der Waals surface area contributed by atoms with Crippen LogP contribution in [0.4, 0.5) is 0 Å². The number of allylic oxidation sites excluding steroid dienone is 5. The number of rotatable bonds is 34. The second-order valence-corrected chi connectivity index (χ2v) is 22.4. The van der Waals surface area contributed by atoms with Crippen LogP contribution in [0, 0.1) is 46.3 Å². The number of hydrogen-bond acceptors (Lipinski definition) is 6. The van der Waals surface area contributed by atoms with Crippen molar-refractivity contribution in [2.45, 2.75) is 214 Å².